The van der Waals surface area contributed by atoms with Crippen LogP contribution in [0.2, 0.25) is 0 Å². The van der Waals surface area contributed by atoms with E-state index in [9.17, 15) is 19.2 Å². The Balaban J connectivity index is 3.34. The van der Waals surface area contributed by atoms with Crippen molar-refractivity contribution >= 4 is 23.9 Å². The summed E-state index contributed by atoms with van der Waals surface area (Å²) >= 11 is 0. The maximum Gasteiger partial charge on any atom is 0.325 e. The maximum atomic E-state index is 12.7. The molecule has 0 atom stereocenters. The number of hydrogen-bond donors (Lipinski definition) is 0. The van der Waals surface area contributed by atoms with Gasteiger partial charge in [-0.1, -0.05) is 36.1 Å². The molecule has 0 unspecified atom stereocenters. The topological polar surface area (TPSA) is 105 Å². The van der Waals surface area contributed by atoms with Crippen LogP contribution < -0.4 is 0 Å². The van der Waals surface area contributed by atoms with E-state index in [0.29, 0.717) is 5.56 Å². The number of methoxy groups -OCH3 is 4. The Labute approximate surface area is 199 Å². The number of ether oxygens (including phenoxy) is 4. The second-order valence-electron chi connectivity index (χ2n) is 7.18. The van der Waals surface area contributed by atoms with Crippen molar-refractivity contribution in [1.82, 2.24) is 0 Å². The molecule has 0 spiro atoms. The summed E-state index contributed by atoms with van der Waals surface area (Å²) in [7, 11) is 4.56. The van der Waals surface area contributed by atoms with Crippen LogP contribution in [0.5, 0.6) is 0 Å². The average molecular weight is 469 g/mol. The van der Waals surface area contributed by atoms with Gasteiger partial charge in [0.25, 0.3) is 0 Å². The third-order valence-electron chi connectivity index (χ3n) is 5.10. The molecule has 0 saturated carbocycles. The van der Waals surface area contributed by atoms with Gasteiger partial charge in [0.2, 0.25) is 0 Å². The molecule has 0 N–H and O–H groups in total. The summed E-state index contributed by atoms with van der Waals surface area (Å²) in [6, 6.07) is 9.01. The minimum absolute atomic E-state index is 0.0806. The molecule has 0 fully saturated rings. The van der Waals surface area contributed by atoms with Gasteiger partial charge in [-0.15, -0.1) is 18.4 Å². The highest BCUT2D eigenvalue weighted by Gasteiger charge is 2.49. The van der Waals surface area contributed by atoms with E-state index in [-0.39, 0.29) is 25.7 Å². The van der Waals surface area contributed by atoms with Crippen molar-refractivity contribution in [3.8, 4) is 23.7 Å². The molecule has 0 radical (unpaired) electrons. The Morgan fingerprint density at radius 3 is 1.59 bits per heavy atom. The SMILES string of the molecule is C=CCC(CC#CCC(CC#Cc1ccccc1)(C(=O)OC)C(=O)OC)(C(=O)OC)C(=O)OC. The van der Waals surface area contributed by atoms with Crippen molar-refractivity contribution < 1.29 is 38.1 Å². The Kier molecular flexibility index (Phi) is 11.1. The summed E-state index contributed by atoms with van der Waals surface area (Å²) in [5.74, 6) is 7.71. The van der Waals surface area contributed by atoms with Crippen LogP contribution in [0.15, 0.2) is 43.0 Å². The lowest BCUT2D eigenvalue weighted by molar-refractivity contribution is -0.170. The van der Waals surface area contributed by atoms with Gasteiger partial charge in [0.05, 0.1) is 28.4 Å². The predicted molar refractivity (Wildman–Crippen MR) is 123 cm³/mol. The van der Waals surface area contributed by atoms with Crippen LogP contribution in [0.1, 0.15) is 31.2 Å². The molecule has 0 bridgehead atoms. The van der Waals surface area contributed by atoms with Crippen LogP contribution >= 0.6 is 0 Å². The van der Waals surface area contributed by atoms with Gasteiger partial charge in [0, 0.05) is 24.8 Å². The summed E-state index contributed by atoms with van der Waals surface area (Å²) in [5.41, 5.74) is -2.86. The second-order valence-corrected chi connectivity index (χ2v) is 7.18. The van der Waals surface area contributed by atoms with Gasteiger partial charge in [0.1, 0.15) is 0 Å². The highest BCUT2D eigenvalue weighted by atomic mass is 16.6. The molecule has 0 aromatic heterocycles. The fraction of sp³-hybridized carbons (Fsp3) is 0.385. The second kappa shape index (κ2) is 13.5. The molecule has 1 rings (SSSR count). The van der Waals surface area contributed by atoms with Gasteiger partial charge in [-0.05, 0) is 18.6 Å². The molecule has 180 valence electrons. The van der Waals surface area contributed by atoms with Gasteiger partial charge in [-0.2, -0.15) is 0 Å². The normalized spacial score (nSPS) is 10.4. The van der Waals surface area contributed by atoms with E-state index in [1.165, 1.54) is 6.08 Å². The molecule has 0 aliphatic carbocycles. The lowest BCUT2D eigenvalue weighted by Crippen LogP contribution is -2.41. The largest absolute Gasteiger partial charge is 0.468 e. The number of rotatable bonds is 9. The van der Waals surface area contributed by atoms with Crippen molar-refractivity contribution in [1.29, 1.82) is 0 Å². The molecule has 0 saturated heterocycles. The smallest absolute Gasteiger partial charge is 0.325 e. The average Bonchev–Trinajstić information content (AvgIpc) is 2.87. The Hall–Kier alpha value is -4.04. The van der Waals surface area contributed by atoms with E-state index in [0.717, 1.165) is 28.4 Å². The zero-order chi connectivity index (χ0) is 25.6. The van der Waals surface area contributed by atoms with Crippen LogP contribution in [0, 0.1) is 34.5 Å². The van der Waals surface area contributed by atoms with Gasteiger partial charge < -0.3 is 18.9 Å². The van der Waals surface area contributed by atoms with E-state index in [4.69, 9.17) is 18.9 Å². The maximum absolute atomic E-state index is 12.7. The summed E-state index contributed by atoms with van der Waals surface area (Å²) in [5, 5.41) is 0. The molecule has 34 heavy (non-hydrogen) atoms. The van der Waals surface area contributed by atoms with Crippen molar-refractivity contribution in [3.63, 3.8) is 0 Å². The predicted octanol–water partition coefficient (Wildman–Crippen LogP) is 2.45. The first-order valence-electron chi connectivity index (χ1n) is 10.2. The molecule has 0 aliphatic rings. The fourth-order valence-electron chi connectivity index (χ4n) is 3.17. The minimum Gasteiger partial charge on any atom is -0.468 e. The van der Waals surface area contributed by atoms with Crippen LogP contribution in [0.4, 0.5) is 0 Å². The third-order valence-corrected chi connectivity index (χ3v) is 5.10. The van der Waals surface area contributed by atoms with Crippen molar-refractivity contribution in [2.24, 2.45) is 10.8 Å². The van der Waals surface area contributed by atoms with Crippen LogP contribution in [-0.4, -0.2) is 52.3 Å². The highest BCUT2D eigenvalue weighted by Crippen LogP contribution is 2.32. The first kappa shape index (κ1) is 28.0. The van der Waals surface area contributed by atoms with Crippen LogP contribution in [0.3, 0.4) is 0 Å². The number of esters is 4. The summed E-state index contributed by atoms with van der Waals surface area (Å²) in [6.45, 7) is 3.57. The number of allylic oxidation sites excluding steroid dienone is 1. The Morgan fingerprint density at radius 1 is 0.735 bits per heavy atom. The number of carbonyl (C=O) groups excluding carboxylic acids is 4. The molecule has 1 aromatic carbocycles. The first-order chi connectivity index (χ1) is 16.3. The monoisotopic (exact) mass is 468 g/mol. The van der Waals surface area contributed by atoms with Crippen LogP contribution in [0.25, 0.3) is 0 Å². The van der Waals surface area contributed by atoms with Gasteiger partial charge in [-0.3, -0.25) is 19.2 Å². The molecule has 8 nitrogen and oxygen atoms in total. The van der Waals surface area contributed by atoms with E-state index >= 15 is 0 Å². The number of benzene rings is 1. The standard InChI is InChI=1S/C26H28O8/c1-6-16-25(21(27)31-2,22(28)32-3)17-10-11-18-26(23(29)33-4,24(30)34-5)19-12-15-20-13-8-7-9-14-20/h6-9,13-14H,1,16-19H2,2-5H3. The van der Waals surface area contributed by atoms with Gasteiger partial charge in [0.15, 0.2) is 10.8 Å². The number of carbonyl (C=O) groups is 4. The molecule has 0 amide bonds. The van der Waals surface area contributed by atoms with E-state index in [1.54, 1.807) is 12.1 Å². The van der Waals surface area contributed by atoms with E-state index in [2.05, 4.69) is 30.3 Å². The zero-order valence-electron chi connectivity index (χ0n) is 19.8. The van der Waals surface area contributed by atoms with Crippen molar-refractivity contribution in [3.05, 3.63) is 48.6 Å². The number of hydrogen-bond acceptors (Lipinski definition) is 8. The molecule has 8 heteroatoms. The lowest BCUT2D eigenvalue weighted by atomic mass is 9.79. The van der Waals surface area contributed by atoms with Crippen LogP contribution in [-0.2, 0) is 38.1 Å². The van der Waals surface area contributed by atoms with E-state index in [1.807, 2.05) is 18.2 Å². The molecule has 0 heterocycles. The van der Waals surface area contributed by atoms with Gasteiger partial charge >= 0.3 is 23.9 Å². The molecular formula is C26H28O8. The van der Waals surface area contributed by atoms with Crippen molar-refractivity contribution in [2.45, 2.75) is 25.7 Å². The highest BCUT2D eigenvalue weighted by molar-refractivity contribution is 6.01. The summed E-state index contributed by atoms with van der Waals surface area (Å²) in [6.07, 6.45) is 0.473. The molecular weight excluding hydrogens is 440 g/mol. The Bertz CT molecular complexity index is 986. The minimum atomic E-state index is -1.82. The molecule has 1 aromatic rings. The van der Waals surface area contributed by atoms with E-state index < -0.39 is 34.7 Å². The molecule has 0 aliphatic heterocycles. The fourth-order valence-corrected chi connectivity index (χ4v) is 3.17. The zero-order valence-corrected chi connectivity index (χ0v) is 19.8. The Morgan fingerprint density at radius 2 is 1.15 bits per heavy atom. The third kappa shape index (κ3) is 6.49. The quantitative estimate of drug-likeness (QED) is 0.179. The lowest BCUT2D eigenvalue weighted by Gasteiger charge is -2.25. The van der Waals surface area contributed by atoms with Gasteiger partial charge in [-0.25, -0.2) is 0 Å². The van der Waals surface area contributed by atoms with Crippen molar-refractivity contribution in [2.75, 3.05) is 28.4 Å². The first-order valence-corrected chi connectivity index (χ1v) is 10.2. The summed E-state index contributed by atoms with van der Waals surface area (Å²) in [4.78, 5) is 50.1. The summed E-state index contributed by atoms with van der Waals surface area (Å²) < 4.78 is 19.3.